The number of nitrogens with one attached hydrogen (secondary N) is 2. The third kappa shape index (κ3) is 9.46. The Labute approximate surface area is 143 Å². The lowest BCUT2D eigenvalue weighted by Crippen LogP contribution is -2.53. The van der Waals surface area contributed by atoms with Gasteiger partial charge in [-0.05, 0) is 31.7 Å². The quantitative estimate of drug-likeness (QED) is 0.337. The molecule has 0 aliphatic carbocycles. The van der Waals surface area contributed by atoms with Crippen LogP contribution in [-0.4, -0.2) is 52.7 Å². The van der Waals surface area contributed by atoms with Gasteiger partial charge in [0.15, 0.2) is 0 Å². The average molecular weight is 345 g/mol. The molecule has 0 aromatic carbocycles. The van der Waals surface area contributed by atoms with Crippen molar-refractivity contribution in [2.24, 2.45) is 11.7 Å². The van der Waals surface area contributed by atoms with Crippen molar-refractivity contribution in [2.75, 3.05) is 6.54 Å². The molecule has 0 aliphatic heterocycles. The highest BCUT2D eigenvalue weighted by molar-refractivity contribution is 5.87. The number of carbonyl (C=O) groups excluding carboxylic acids is 2. The molecule has 0 spiro atoms. The third-order valence-corrected chi connectivity index (χ3v) is 3.57. The van der Waals surface area contributed by atoms with Gasteiger partial charge in [-0.3, -0.25) is 14.4 Å². The second-order valence-electron chi connectivity index (χ2n) is 6.31. The average Bonchev–Trinajstić information content (AvgIpc) is 2.49. The largest absolute Gasteiger partial charge is 0.481 e. The van der Waals surface area contributed by atoms with Crippen molar-refractivity contribution in [3.63, 3.8) is 0 Å². The minimum atomic E-state index is -1.19. The van der Waals surface area contributed by atoms with Crippen LogP contribution in [0.25, 0.3) is 0 Å². The minimum absolute atomic E-state index is 0.159. The van der Waals surface area contributed by atoms with E-state index < -0.39 is 36.5 Å². The molecule has 0 aliphatic rings. The van der Waals surface area contributed by atoms with Gasteiger partial charge >= 0.3 is 5.97 Å². The number of rotatable bonds is 12. The number of carboxylic acid groups (broad SMARTS) is 1. The highest BCUT2D eigenvalue weighted by atomic mass is 16.4. The van der Waals surface area contributed by atoms with Gasteiger partial charge in [-0.2, -0.15) is 0 Å². The summed E-state index contributed by atoms with van der Waals surface area (Å²) in [5.74, 6) is -1.66. The molecule has 0 aromatic heterocycles. The maximum atomic E-state index is 12.5. The molecule has 0 aromatic rings. The SMILES string of the molecule is CCC(=O)N[C@@H](CCCN)C(=O)N[C@@H](CC(C)C)[C@@H](O)CC(=O)O. The van der Waals surface area contributed by atoms with Crippen molar-refractivity contribution in [3.8, 4) is 0 Å². The molecule has 0 saturated heterocycles. The molecule has 3 atom stereocenters. The molecule has 24 heavy (non-hydrogen) atoms. The van der Waals surface area contributed by atoms with Crippen LogP contribution < -0.4 is 16.4 Å². The zero-order chi connectivity index (χ0) is 18.7. The maximum Gasteiger partial charge on any atom is 0.306 e. The van der Waals surface area contributed by atoms with E-state index in [-0.39, 0.29) is 18.2 Å². The number of nitrogens with two attached hydrogens (primary N) is 1. The molecule has 0 fully saturated rings. The van der Waals surface area contributed by atoms with E-state index in [0.717, 1.165) is 0 Å². The molecule has 2 amide bonds. The second-order valence-corrected chi connectivity index (χ2v) is 6.31. The molecule has 0 radical (unpaired) electrons. The van der Waals surface area contributed by atoms with Crippen molar-refractivity contribution >= 4 is 17.8 Å². The number of aliphatic carboxylic acids is 1. The number of hydrogen-bond acceptors (Lipinski definition) is 5. The summed E-state index contributed by atoms with van der Waals surface area (Å²) >= 11 is 0. The van der Waals surface area contributed by atoms with Crippen LogP contribution in [0.1, 0.15) is 52.9 Å². The summed E-state index contributed by atoms with van der Waals surface area (Å²) in [7, 11) is 0. The Bertz CT molecular complexity index is 415. The predicted octanol–water partition coefficient (Wildman–Crippen LogP) is -0.0134. The summed E-state index contributed by atoms with van der Waals surface area (Å²) in [5.41, 5.74) is 5.46. The maximum absolute atomic E-state index is 12.5. The number of aliphatic hydroxyl groups is 1. The highest BCUT2D eigenvalue weighted by Crippen LogP contribution is 2.12. The second kappa shape index (κ2) is 11.8. The Morgan fingerprint density at radius 1 is 1.17 bits per heavy atom. The molecule has 140 valence electrons. The normalized spacial score (nSPS) is 14.8. The number of hydrogen-bond donors (Lipinski definition) is 5. The summed E-state index contributed by atoms with van der Waals surface area (Å²) in [4.78, 5) is 34.8. The van der Waals surface area contributed by atoms with E-state index >= 15 is 0 Å². The Balaban J connectivity index is 4.98. The number of carboxylic acids is 1. The van der Waals surface area contributed by atoms with E-state index in [1.165, 1.54) is 0 Å². The van der Waals surface area contributed by atoms with Gasteiger partial charge < -0.3 is 26.6 Å². The van der Waals surface area contributed by atoms with Crippen LogP contribution in [0.3, 0.4) is 0 Å². The van der Waals surface area contributed by atoms with Gasteiger partial charge in [-0.1, -0.05) is 20.8 Å². The van der Waals surface area contributed by atoms with E-state index in [1.807, 2.05) is 13.8 Å². The summed E-state index contributed by atoms with van der Waals surface area (Å²) < 4.78 is 0. The summed E-state index contributed by atoms with van der Waals surface area (Å²) in [6.07, 6.45) is -0.000955. The van der Waals surface area contributed by atoms with Crippen molar-refractivity contribution in [1.29, 1.82) is 0 Å². The smallest absolute Gasteiger partial charge is 0.306 e. The fraction of sp³-hybridized carbons (Fsp3) is 0.812. The molecule has 0 saturated carbocycles. The van der Waals surface area contributed by atoms with Crippen LogP contribution in [0.2, 0.25) is 0 Å². The van der Waals surface area contributed by atoms with Crippen LogP contribution in [0.15, 0.2) is 0 Å². The molecule has 0 heterocycles. The summed E-state index contributed by atoms with van der Waals surface area (Å²) in [5, 5.41) is 24.2. The standard InChI is InChI=1S/C16H31N3O5/c1-4-14(21)18-11(6-5-7-17)16(24)19-12(8-10(2)3)13(20)9-15(22)23/h10-13,20H,4-9,17H2,1-3H3,(H,18,21)(H,19,24)(H,22,23)/t11-,12-,13-/m0/s1. The molecule has 8 nitrogen and oxygen atoms in total. The third-order valence-electron chi connectivity index (χ3n) is 3.57. The van der Waals surface area contributed by atoms with E-state index in [0.29, 0.717) is 25.8 Å². The lowest BCUT2D eigenvalue weighted by molar-refractivity contribution is -0.140. The first-order chi connectivity index (χ1) is 11.2. The van der Waals surface area contributed by atoms with Crippen LogP contribution in [-0.2, 0) is 14.4 Å². The van der Waals surface area contributed by atoms with Crippen molar-refractivity contribution in [2.45, 2.75) is 71.1 Å². The topological polar surface area (TPSA) is 142 Å². The number of amides is 2. The Kier molecular flexibility index (Phi) is 11.0. The van der Waals surface area contributed by atoms with Crippen LogP contribution in [0.4, 0.5) is 0 Å². The zero-order valence-electron chi connectivity index (χ0n) is 14.7. The Morgan fingerprint density at radius 3 is 2.25 bits per heavy atom. The lowest BCUT2D eigenvalue weighted by Gasteiger charge is -2.27. The van der Waals surface area contributed by atoms with Crippen LogP contribution in [0, 0.1) is 5.92 Å². The van der Waals surface area contributed by atoms with Crippen molar-refractivity contribution in [3.05, 3.63) is 0 Å². The van der Waals surface area contributed by atoms with Gasteiger partial charge in [-0.15, -0.1) is 0 Å². The molecule has 0 unspecified atom stereocenters. The van der Waals surface area contributed by atoms with E-state index in [4.69, 9.17) is 10.8 Å². The molecule has 0 bridgehead atoms. The van der Waals surface area contributed by atoms with E-state index in [1.54, 1.807) is 6.92 Å². The highest BCUT2D eigenvalue weighted by Gasteiger charge is 2.28. The van der Waals surface area contributed by atoms with Crippen molar-refractivity contribution < 1.29 is 24.6 Å². The van der Waals surface area contributed by atoms with Gasteiger partial charge in [0.2, 0.25) is 11.8 Å². The Hall–Kier alpha value is -1.67. The summed E-state index contributed by atoms with van der Waals surface area (Å²) in [6.45, 7) is 5.91. The minimum Gasteiger partial charge on any atom is -0.481 e. The van der Waals surface area contributed by atoms with Crippen molar-refractivity contribution in [1.82, 2.24) is 10.6 Å². The van der Waals surface area contributed by atoms with Crippen LogP contribution in [0.5, 0.6) is 0 Å². The number of aliphatic hydroxyl groups excluding tert-OH is 1. The van der Waals surface area contributed by atoms with E-state index in [2.05, 4.69) is 10.6 Å². The van der Waals surface area contributed by atoms with Gasteiger partial charge in [-0.25, -0.2) is 0 Å². The first kappa shape index (κ1) is 22.3. The molecule has 0 rings (SSSR count). The van der Waals surface area contributed by atoms with E-state index in [9.17, 15) is 19.5 Å². The van der Waals surface area contributed by atoms with Gasteiger partial charge in [0.1, 0.15) is 6.04 Å². The van der Waals surface area contributed by atoms with Gasteiger partial charge in [0.05, 0.1) is 18.6 Å². The number of carbonyl (C=O) groups is 3. The molecule has 8 heteroatoms. The zero-order valence-corrected chi connectivity index (χ0v) is 14.7. The van der Waals surface area contributed by atoms with Gasteiger partial charge in [0, 0.05) is 6.42 Å². The first-order valence-corrected chi connectivity index (χ1v) is 8.40. The Morgan fingerprint density at radius 2 is 1.79 bits per heavy atom. The molecule has 6 N–H and O–H groups in total. The first-order valence-electron chi connectivity index (χ1n) is 8.40. The summed E-state index contributed by atoms with van der Waals surface area (Å²) in [6, 6.07) is -1.43. The van der Waals surface area contributed by atoms with Crippen LogP contribution >= 0.6 is 0 Å². The molecular formula is C16H31N3O5. The monoisotopic (exact) mass is 345 g/mol. The lowest BCUT2D eigenvalue weighted by atomic mass is 9.96. The fourth-order valence-electron chi connectivity index (χ4n) is 2.31. The molecular weight excluding hydrogens is 314 g/mol. The fourth-order valence-corrected chi connectivity index (χ4v) is 2.31. The van der Waals surface area contributed by atoms with Gasteiger partial charge in [0.25, 0.3) is 0 Å². The predicted molar refractivity (Wildman–Crippen MR) is 90.2 cm³/mol.